The summed E-state index contributed by atoms with van der Waals surface area (Å²) in [6, 6.07) is 2.04. The molecule has 0 aliphatic carbocycles. The van der Waals surface area contributed by atoms with Crippen LogP contribution in [0.1, 0.15) is 18.9 Å². The van der Waals surface area contributed by atoms with Gasteiger partial charge in [-0.25, -0.2) is 8.78 Å². The quantitative estimate of drug-likeness (QED) is 0.850. The summed E-state index contributed by atoms with van der Waals surface area (Å²) < 4.78 is 26.7. The molecule has 0 saturated heterocycles. The first-order valence-corrected chi connectivity index (χ1v) is 5.42. The van der Waals surface area contributed by atoms with Crippen molar-refractivity contribution in [2.45, 2.75) is 20.3 Å². The van der Waals surface area contributed by atoms with Gasteiger partial charge in [-0.15, -0.1) is 0 Å². The number of benzene rings is 1. The van der Waals surface area contributed by atoms with E-state index in [1.807, 2.05) is 0 Å². The van der Waals surface area contributed by atoms with Crippen LogP contribution in [0.3, 0.4) is 0 Å². The zero-order valence-electron chi connectivity index (χ0n) is 9.89. The van der Waals surface area contributed by atoms with Crippen LogP contribution in [-0.2, 0) is 4.79 Å². The molecular weight excluding hydrogens is 226 g/mol. The molecule has 0 radical (unpaired) electrons. The summed E-state index contributed by atoms with van der Waals surface area (Å²) in [6.07, 6.45) is 0.502. The molecule has 3 nitrogen and oxygen atoms in total. The molecule has 0 aliphatic rings. The van der Waals surface area contributed by atoms with Gasteiger partial charge in [-0.3, -0.25) is 4.79 Å². The van der Waals surface area contributed by atoms with Crippen molar-refractivity contribution in [3.05, 3.63) is 29.3 Å². The van der Waals surface area contributed by atoms with Gasteiger partial charge < -0.3 is 11.1 Å². The number of halogens is 2. The number of hydrogen-bond donors (Lipinski definition) is 2. The molecule has 17 heavy (non-hydrogen) atoms. The van der Waals surface area contributed by atoms with E-state index in [4.69, 9.17) is 5.73 Å². The van der Waals surface area contributed by atoms with Gasteiger partial charge in [-0.1, -0.05) is 6.92 Å². The number of aryl methyl sites for hydroxylation is 1. The molecule has 1 aromatic rings. The Morgan fingerprint density at radius 2 is 2.06 bits per heavy atom. The average molecular weight is 242 g/mol. The van der Waals surface area contributed by atoms with Crippen LogP contribution in [0.2, 0.25) is 0 Å². The highest BCUT2D eigenvalue weighted by Crippen LogP contribution is 2.19. The van der Waals surface area contributed by atoms with Gasteiger partial charge in [0.05, 0.1) is 5.69 Å². The van der Waals surface area contributed by atoms with Gasteiger partial charge in [0, 0.05) is 12.0 Å². The minimum atomic E-state index is -0.641. The highest BCUT2D eigenvalue weighted by Gasteiger charge is 2.15. The lowest BCUT2D eigenvalue weighted by Crippen LogP contribution is -2.23. The van der Waals surface area contributed by atoms with Gasteiger partial charge in [0.25, 0.3) is 0 Å². The fourth-order valence-corrected chi connectivity index (χ4v) is 1.38. The number of nitrogens with one attached hydrogen (secondary N) is 1. The van der Waals surface area contributed by atoms with Crippen LogP contribution >= 0.6 is 0 Å². The van der Waals surface area contributed by atoms with E-state index in [2.05, 4.69) is 5.32 Å². The van der Waals surface area contributed by atoms with Crippen LogP contribution in [0, 0.1) is 24.5 Å². The van der Waals surface area contributed by atoms with E-state index < -0.39 is 11.6 Å². The molecule has 0 fully saturated rings. The second-order valence-electron chi connectivity index (χ2n) is 4.05. The minimum Gasteiger partial charge on any atom is -0.330 e. The molecule has 1 rings (SSSR count). The van der Waals surface area contributed by atoms with E-state index in [0.717, 1.165) is 12.1 Å². The zero-order chi connectivity index (χ0) is 13.0. The fourth-order valence-electron chi connectivity index (χ4n) is 1.38. The van der Waals surface area contributed by atoms with Crippen LogP contribution in [-0.4, -0.2) is 12.5 Å². The van der Waals surface area contributed by atoms with E-state index in [9.17, 15) is 13.6 Å². The average Bonchev–Trinajstić information content (AvgIpc) is 2.26. The topological polar surface area (TPSA) is 55.1 Å². The van der Waals surface area contributed by atoms with E-state index in [1.54, 1.807) is 6.92 Å². The van der Waals surface area contributed by atoms with Crippen LogP contribution in [0.5, 0.6) is 0 Å². The predicted octanol–water partition coefficient (Wildman–Crippen LogP) is 2.20. The van der Waals surface area contributed by atoms with Crippen molar-refractivity contribution in [2.24, 2.45) is 11.7 Å². The first-order chi connectivity index (χ1) is 7.95. The number of carbonyl (C=O) groups is 1. The van der Waals surface area contributed by atoms with Crippen LogP contribution < -0.4 is 11.1 Å². The van der Waals surface area contributed by atoms with Crippen molar-refractivity contribution in [3.63, 3.8) is 0 Å². The summed E-state index contributed by atoms with van der Waals surface area (Å²) in [5, 5.41) is 2.35. The van der Waals surface area contributed by atoms with Gasteiger partial charge >= 0.3 is 0 Å². The van der Waals surface area contributed by atoms with Gasteiger partial charge in [-0.05, 0) is 31.5 Å². The van der Waals surface area contributed by atoms with E-state index in [0.29, 0.717) is 13.0 Å². The van der Waals surface area contributed by atoms with Gasteiger partial charge in [0.2, 0.25) is 5.91 Å². The van der Waals surface area contributed by atoms with E-state index in [-0.39, 0.29) is 23.1 Å². The standard InChI is InChI=1S/C12H16F2N2O/c1-7(3-4-15)12(17)16-11-6-9(13)8(2)5-10(11)14/h5-7H,3-4,15H2,1-2H3,(H,16,17). The summed E-state index contributed by atoms with van der Waals surface area (Å²) in [7, 11) is 0. The minimum absolute atomic E-state index is 0.137. The largest absolute Gasteiger partial charge is 0.330 e. The Balaban J connectivity index is 2.81. The molecule has 1 unspecified atom stereocenters. The number of hydrogen-bond acceptors (Lipinski definition) is 2. The molecule has 1 atom stereocenters. The predicted molar refractivity (Wildman–Crippen MR) is 62.6 cm³/mol. The molecule has 0 heterocycles. The third-order valence-electron chi connectivity index (χ3n) is 2.55. The first-order valence-electron chi connectivity index (χ1n) is 5.42. The Morgan fingerprint density at radius 3 is 2.65 bits per heavy atom. The molecule has 0 aliphatic heterocycles. The van der Waals surface area contributed by atoms with Crippen LogP contribution in [0.15, 0.2) is 12.1 Å². The Morgan fingerprint density at radius 1 is 1.41 bits per heavy atom. The van der Waals surface area contributed by atoms with Gasteiger partial charge in [-0.2, -0.15) is 0 Å². The molecule has 3 N–H and O–H groups in total. The Hall–Kier alpha value is -1.49. The Labute approximate surface area is 99.0 Å². The molecule has 94 valence electrons. The SMILES string of the molecule is Cc1cc(F)c(NC(=O)C(C)CCN)cc1F. The maximum absolute atomic E-state index is 13.4. The summed E-state index contributed by atoms with van der Waals surface area (Å²) >= 11 is 0. The molecule has 0 saturated carbocycles. The van der Waals surface area contributed by atoms with Crippen molar-refractivity contribution in [1.29, 1.82) is 0 Å². The second-order valence-corrected chi connectivity index (χ2v) is 4.05. The number of nitrogens with two attached hydrogens (primary N) is 1. The normalized spacial score (nSPS) is 12.3. The molecular formula is C12H16F2N2O. The maximum Gasteiger partial charge on any atom is 0.227 e. The molecule has 5 heteroatoms. The molecule has 1 amide bonds. The van der Waals surface area contributed by atoms with E-state index in [1.165, 1.54) is 6.92 Å². The number of anilines is 1. The number of amides is 1. The van der Waals surface area contributed by atoms with E-state index >= 15 is 0 Å². The monoisotopic (exact) mass is 242 g/mol. The summed E-state index contributed by atoms with van der Waals surface area (Å²) in [6.45, 7) is 3.52. The molecule has 1 aromatic carbocycles. The summed E-state index contributed by atoms with van der Waals surface area (Å²) in [5.74, 6) is -1.88. The number of carbonyl (C=O) groups excluding carboxylic acids is 1. The molecule has 0 bridgehead atoms. The highest BCUT2D eigenvalue weighted by atomic mass is 19.1. The third kappa shape index (κ3) is 3.49. The lowest BCUT2D eigenvalue weighted by molar-refractivity contribution is -0.119. The van der Waals surface area contributed by atoms with Crippen molar-refractivity contribution in [2.75, 3.05) is 11.9 Å². The van der Waals surface area contributed by atoms with Crippen LogP contribution in [0.4, 0.5) is 14.5 Å². The molecule has 0 spiro atoms. The third-order valence-corrected chi connectivity index (χ3v) is 2.55. The zero-order valence-corrected chi connectivity index (χ0v) is 9.89. The first kappa shape index (κ1) is 13.6. The van der Waals surface area contributed by atoms with Crippen LogP contribution in [0.25, 0.3) is 0 Å². The van der Waals surface area contributed by atoms with Crippen molar-refractivity contribution < 1.29 is 13.6 Å². The summed E-state index contributed by atoms with van der Waals surface area (Å²) in [5.41, 5.74) is 5.39. The van der Waals surface area contributed by atoms with Crippen molar-refractivity contribution >= 4 is 11.6 Å². The fraction of sp³-hybridized carbons (Fsp3) is 0.417. The molecule has 0 aromatic heterocycles. The number of rotatable bonds is 4. The van der Waals surface area contributed by atoms with Gasteiger partial charge in [0.1, 0.15) is 11.6 Å². The lowest BCUT2D eigenvalue weighted by atomic mass is 10.1. The summed E-state index contributed by atoms with van der Waals surface area (Å²) in [4.78, 5) is 11.6. The Kier molecular flexibility index (Phi) is 4.57. The second kappa shape index (κ2) is 5.72. The van der Waals surface area contributed by atoms with Crippen molar-refractivity contribution in [1.82, 2.24) is 0 Å². The Bertz CT molecular complexity index is 421. The lowest BCUT2D eigenvalue weighted by Gasteiger charge is -2.12. The van der Waals surface area contributed by atoms with Crippen molar-refractivity contribution in [3.8, 4) is 0 Å². The van der Waals surface area contributed by atoms with Gasteiger partial charge in [0.15, 0.2) is 0 Å². The maximum atomic E-state index is 13.4. The highest BCUT2D eigenvalue weighted by molar-refractivity contribution is 5.92. The smallest absolute Gasteiger partial charge is 0.227 e.